The molecule has 12 heavy (non-hydrogen) atoms. The normalized spacial score (nSPS) is 17.6. The molecule has 3 nitrogen and oxygen atoms in total. The van der Waals surface area contributed by atoms with Crippen LogP contribution in [0.2, 0.25) is 0 Å². The van der Waals surface area contributed by atoms with Crippen molar-refractivity contribution in [1.29, 1.82) is 0 Å². The number of carbonyl (C=O) groups is 1. The molecule has 1 aliphatic rings. The molecule has 0 aromatic heterocycles. The van der Waals surface area contributed by atoms with Gasteiger partial charge in [-0.3, -0.25) is 4.79 Å². The Balaban J connectivity index is 2.09. The van der Waals surface area contributed by atoms with Gasteiger partial charge >= 0.3 is 0 Å². The molecular weight excluding hydrogens is 152 g/mol. The van der Waals surface area contributed by atoms with E-state index in [1.165, 1.54) is 19.3 Å². The summed E-state index contributed by atoms with van der Waals surface area (Å²) in [7, 11) is 3.79. The molecule has 0 atom stereocenters. The smallest absolute Gasteiger partial charge is 0.221 e. The van der Waals surface area contributed by atoms with E-state index in [9.17, 15) is 4.79 Å². The van der Waals surface area contributed by atoms with Crippen LogP contribution in [-0.2, 0) is 4.79 Å². The summed E-state index contributed by atoms with van der Waals surface area (Å²) in [6.45, 7) is 0.893. The van der Waals surface area contributed by atoms with Gasteiger partial charge in [0.2, 0.25) is 5.91 Å². The molecule has 1 N–H and O–H groups in total. The Hall–Kier alpha value is -0.570. The first-order valence-electron chi connectivity index (χ1n) is 4.65. The van der Waals surface area contributed by atoms with Gasteiger partial charge in [-0.05, 0) is 19.9 Å². The number of nitrogens with one attached hydrogen (secondary N) is 1. The molecule has 0 spiro atoms. The summed E-state index contributed by atoms with van der Waals surface area (Å²) in [6.07, 6.45) is 4.60. The Morgan fingerprint density at radius 3 is 2.67 bits per heavy atom. The zero-order valence-electron chi connectivity index (χ0n) is 7.97. The molecule has 1 fully saturated rings. The molecule has 70 valence electrons. The molecule has 1 rings (SSSR count). The van der Waals surface area contributed by atoms with Gasteiger partial charge in [0, 0.05) is 26.1 Å². The molecule has 0 unspecified atom stereocenters. The van der Waals surface area contributed by atoms with Gasteiger partial charge in [0.25, 0.3) is 0 Å². The van der Waals surface area contributed by atoms with Crippen molar-refractivity contribution in [2.75, 3.05) is 20.6 Å². The van der Waals surface area contributed by atoms with Crippen molar-refractivity contribution in [1.82, 2.24) is 10.2 Å². The Morgan fingerprint density at radius 2 is 2.25 bits per heavy atom. The number of nitrogens with zero attached hydrogens (tertiary/aromatic N) is 1. The van der Waals surface area contributed by atoms with Gasteiger partial charge in [-0.25, -0.2) is 0 Å². The van der Waals surface area contributed by atoms with Crippen LogP contribution in [0.15, 0.2) is 0 Å². The fourth-order valence-electron chi connectivity index (χ4n) is 1.41. The number of rotatable bonds is 4. The van der Waals surface area contributed by atoms with Crippen LogP contribution in [0.1, 0.15) is 25.7 Å². The lowest BCUT2D eigenvalue weighted by atomic mass is 9.92. The first-order valence-corrected chi connectivity index (χ1v) is 4.65. The van der Waals surface area contributed by atoms with E-state index in [2.05, 4.69) is 17.3 Å². The number of amides is 1. The van der Waals surface area contributed by atoms with Crippen LogP contribution in [0.4, 0.5) is 0 Å². The summed E-state index contributed by atoms with van der Waals surface area (Å²) in [5.74, 6) is 0.140. The second-order valence-corrected chi connectivity index (χ2v) is 3.49. The zero-order valence-corrected chi connectivity index (χ0v) is 7.97. The predicted octanol–water partition coefficient (Wildman–Crippen LogP) is 0.607. The molecule has 0 radical (unpaired) electrons. The van der Waals surface area contributed by atoms with Gasteiger partial charge in [-0.15, -0.1) is 0 Å². The Labute approximate surface area is 74.1 Å². The van der Waals surface area contributed by atoms with Gasteiger partial charge < -0.3 is 10.2 Å². The fourth-order valence-corrected chi connectivity index (χ4v) is 1.41. The first kappa shape index (κ1) is 9.52. The van der Waals surface area contributed by atoms with Crippen LogP contribution in [0.25, 0.3) is 0 Å². The monoisotopic (exact) mass is 170 g/mol. The topological polar surface area (TPSA) is 32.3 Å². The molecule has 1 aliphatic carbocycles. The maximum absolute atomic E-state index is 10.9. The highest BCUT2D eigenvalue weighted by molar-refractivity contribution is 5.75. The number of carbonyl (C=O) groups excluding carboxylic acids is 1. The van der Waals surface area contributed by atoms with Gasteiger partial charge in [0.15, 0.2) is 0 Å². The highest BCUT2D eigenvalue weighted by Gasteiger charge is 2.21. The predicted molar refractivity (Wildman–Crippen MR) is 49.0 cm³/mol. The quantitative estimate of drug-likeness (QED) is 0.670. The molecule has 0 heterocycles. The molecule has 0 saturated heterocycles. The highest BCUT2D eigenvalue weighted by atomic mass is 16.1. The molecule has 0 aromatic carbocycles. The second-order valence-electron chi connectivity index (χ2n) is 3.49. The van der Waals surface area contributed by atoms with Gasteiger partial charge in [0.05, 0.1) is 0 Å². The van der Waals surface area contributed by atoms with Crippen molar-refractivity contribution in [2.24, 2.45) is 0 Å². The summed E-state index contributed by atoms with van der Waals surface area (Å²) >= 11 is 0. The third-order valence-corrected chi connectivity index (χ3v) is 2.67. The van der Waals surface area contributed by atoms with Crippen molar-refractivity contribution < 1.29 is 4.79 Å². The lowest BCUT2D eigenvalue weighted by molar-refractivity contribution is -0.121. The SMILES string of the molecule is CNC(=O)CCN(C)C1CCC1. The Morgan fingerprint density at radius 1 is 1.58 bits per heavy atom. The molecule has 0 aromatic rings. The second kappa shape index (κ2) is 4.45. The van der Waals surface area contributed by atoms with Gasteiger partial charge in [-0.2, -0.15) is 0 Å². The van der Waals surface area contributed by atoms with E-state index in [4.69, 9.17) is 0 Å². The van der Waals surface area contributed by atoms with Crippen molar-refractivity contribution in [3.63, 3.8) is 0 Å². The summed E-state index contributed by atoms with van der Waals surface area (Å²) < 4.78 is 0. The highest BCUT2D eigenvalue weighted by Crippen LogP contribution is 2.23. The minimum atomic E-state index is 0.140. The van der Waals surface area contributed by atoms with E-state index in [0.29, 0.717) is 6.42 Å². The van der Waals surface area contributed by atoms with E-state index in [1.807, 2.05) is 0 Å². The molecule has 0 aliphatic heterocycles. The van der Waals surface area contributed by atoms with Crippen LogP contribution in [0.5, 0.6) is 0 Å². The van der Waals surface area contributed by atoms with Gasteiger partial charge in [0.1, 0.15) is 0 Å². The maximum Gasteiger partial charge on any atom is 0.221 e. The van der Waals surface area contributed by atoms with E-state index >= 15 is 0 Å². The Bertz CT molecular complexity index is 155. The standard InChI is InChI=1S/C9H18N2O/c1-10-9(12)6-7-11(2)8-4-3-5-8/h8H,3-7H2,1-2H3,(H,10,12). The summed E-state index contributed by atoms with van der Waals surface area (Å²) in [6, 6.07) is 0.745. The van der Waals surface area contributed by atoms with Crippen molar-refractivity contribution in [2.45, 2.75) is 31.7 Å². The molecule has 1 amide bonds. The number of hydrogen-bond donors (Lipinski definition) is 1. The van der Waals surface area contributed by atoms with Crippen LogP contribution >= 0.6 is 0 Å². The van der Waals surface area contributed by atoms with Crippen LogP contribution in [0.3, 0.4) is 0 Å². The summed E-state index contributed by atoms with van der Waals surface area (Å²) in [5.41, 5.74) is 0. The van der Waals surface area contributed by atoms with E-state index in [1.54, 1.807) is 7.05 Å². The van der Waals surface area contributed by atoms with E-state index < -0.39 is 0 Å². The fraction of sp³-hybridized carbons (Fsp3) is 0.889. The lowest BCUT2D eigenvalue weighted by Crippen LogP contribution is -2.39. The maximum atomic E-state index is 10.9. The zero-order chi connectivity index (χ0) is 8.97. The molecular formula is C9H18N2O. The Kier molecular flexibility index (Phi) is 3.53. The summed E-state index contributed by atoms with van der Waals surface area (Å²) in [5, 5.41) is 2.63. The lowest BCUT2D eigenvalue weighted by Gasteiger charge is -2.34. The first-order chi connectivity index (χ1) is 5.74. The van der Waals surface area contributed by atoms with Crippen LogP contribution in [0, 0.1) is 0 Å². The van der Waals surface area contributed by atoms with E-state index in [-0.39, 0.29) is 5.91 Å². The minimum Gasteiger partial charge on any atom is -0.359 e. The van der Waals surface area contributed by atoms with E-state index in [0.717, 1.165) is 12.6 Å². The largest absolute Gasteiger partial charge is 0.359 e. The third-order valence-electron chi connectivity index (χ3n) is 2.67. The van der Waals surface area contributed by atoms with Crippen molar-refractivity contribution in [3.05, 3.63) is 0 Å². The van der Waals surface area contributed by atoms with Crippen LogP contribution < -0.4 is 5.32 Å². The number of hydrogen-bond acceptors (Lipinski definition) is 2. The summed E-state index contributed by atoms with van der Waals surface area (Å²) in [4.78, 5) is 13.2. The average Bonchev–Trinajstić information content (AvgIpc) is 1.97. The van der Waals surface area contributed by atoms with Crippen molar-refractivity contribution in [3.8, 4) is 0 Å². The molecule has 3 heteroatoms. The molecule has 0 bridgehead atoms. The minimum absolute atomic E-state index is 0.140. The van der Waals surface area contributed by atoms with Crippen LogP contribution in [-0.4, -0.2) is 37.5 Å². The third kappa shape index (κ3) is 2.48. The average molecular weight is 170 g/mol. The van der Waals surface area contributed by atoms with Crippen molar-refractivity contribution >= 4 is 5.91 Å². The molecule has 1 saturated carbocycles. The van der Waals surface area contributed by atoms with Gasteiger partial charge in [-0.1, -0.05) is 6.42 Å².